The quantitative estimate of drug-likeness (QED) is 0.282. The number of carbonyl (C=O) groups excluding carboxylic acids is 2. The van der Waals surface area contributed by atoms with Crippen molar-refractivity contribution in [2.45, 2.75) is 44.2 Å². The predicted molar refractivity (Wildman–Crippen MR) is 160 cm³/mol. The molecule has 1 atom stereocenters. The number of nitrogens with zero attached hydrogens (tertiary/aromatic N) is 2. The molecule has 0 radical (unpaired) electrons. The van der Waals surface area contributed by atoms with E-state index in [9.17, 15) is 18.0 Å². The molecule has 0 aliphatic rings. The highest BCUT2D eigenvalue weighted by Crippen LogP contribution is 2.33. The van der Waals surface area contributed by atoms with Crippen LogP contribution in [0.3, 0.4) is 0 Å². The van der Waals surface area contributed by atoms with Gasteiger partial charge < -0.3 is 19.7 Å². The average molecular weight is 602 g/mol. The minimum Gasteiger partial charge on any atom is -0.497 e. The van der Waals surface area contributed by atoms with Gasteiger partial charge in [-0.15, -0.1) is 0 Å². The number of ether oxygens (including phenoxy) is 2. The van der Waals surface area contributed by atoms with Gasteiger partial charge in [0.2, 0.25) is 11.8 Å². The second-order valence-electron chi connectivity index (χ2n) is 9.19. The maximum atomic E-state index is 14.1. The zero-order chi connectivity index (χ0) is 30.0. The number of carbonyl (C=O) groups is 2. The number of nitrogens with one attached hydrogen (secondary N) is 1. The maximum Gasteiger partial charge on any atom is 0.264 e. The van der Waals surface area contributed by atoms with E-state index < -0.39 is 28.5 Å². The molecule has 0 aliphatic carbocycles. The number of hydrogen-bond donors (Lipinski definition) is 1. The fourth-order valence-corrected chi connectivity index (χ4v) is 5.94. The number of halogens is 1. The molecular weight excluding hydrogens is 566 g/mol. The first-order valence-corrected chi connectivity index (χ1v) is 15.1. The van der Waals surface area contributed by atoms with Gasteiger partial charge in [0, 0.05) is 18.1 Å². The molecule has 9 nitrogen and oxygen atoms in total. The van der Waals surface area contributed by atoms with Gasteiger partial charge in [-0.1, -0.05) is 55.8 Å². The van der Waals surface area contributed by atoms with Crippen LogP contribution in [0.15, 0.2) is 77.7 Å². The number of para-hydroxylation sites is 2. The van der Waals surface area contributed by atoms with E-state index >= 15 is 0 Å². The Kier molecular flexibility index (Phi) is 11.4. The summed E-state index contributed by atoms with van der Waals surface area (Å²) in [7, 11) is -1.36. The Labute approximate surface area is 247 Å². The molecule has 2 amide bonds. The van der Waals surface area contributed by atoms with Crippen molar-refractivity contribution in [3.05, 3.63) is 83.4 Å². The van der Waals surface area contributed by atoms with Crippen molar-refractivity contribution in [1.82, 2.24) is 10.2 Å². The third-order valence-corrected chi connectivity index (χ3v) is 8.66. The van der Waals surface area contributed by atoms with E-state index in [1.807, 2.05) is 6.92 Å². The van der Waals surface area contributed by atoms with Crippen molar-refractivity contribution < 1.29 is 27.5 Å². The van der Waals surface area contributed by atoms with Gasteiger partial charge >= 0.3 is 0 Å². The predicted octanol–water partition coefficient (Wildman–Crippen LogP) is 4.89. The molecule has 0 spiro atoms. The van der Waals surface area contributed by atoms with Crippen LogP contribution in [0, 0.1) is 0 Å². The van der Waals surface area contributed by atoms with Crippen molar-refractivity contribution in [3.63, 3.8) is 0 Å². The molecule has 0 fully saturated rings. The van der Waals surface area contributed by atoms with Crippen LogP contribution in [0.5, 0.6) is 11.5 Å². The number of benzene rings is 3. The Morgan fingerprint density at radius 3 is 2.20 bits per heavy atom. The molecule has 0 unspecified atom stereocenters. The first-order valence-electron chi connectivity index (χ1n) is 13.3. The van der Waals surface area contributed by atoms with Gasteiger partial charge in [0.05, 0.1) is 24.8 Å². The number of hydrogen-bond acceptors (Lipinski definition) is 6. The standard InChI is InChI=1S/C30H36ClN3O6S/c1-5-19-32-30(36)26(6-2)33(20-22-11-7-8-12-25(22)31)29(35)21-34(27-13-9-10-14-28(27)40-4)41(37,38)24-17-15-23(39-3)16-18-24/h7-18,26H,5-6,19-21H2,1-4H3,(H,32,36)/t26-/m0/s1. The van der Waals surface area contributed by atoms with Crippen molar-refractivity contribution in [3.8, 4) is 11.5 Å². The monoisotopic (exact) mass is 601 g/mol. The third kappa shape index (κ3) is 7.71. The van der Waals surface area contributed by atoms with Crippen LogP contribution in [-0.4, -0.2) is 58.5 Å². The summed E-state index contributed by atoms with van der Waals surface area (Å²) in [6, 6.07) is 18.6. The fourth-order valence-electron chi connectivity index (χ4n) is 4.32. The molecule has 3 rings (SSSR count). The normalized spacial score (nSPS) is 11.8. The van der Waals surface area contributed by atoms with Crippen LogP contribution in [0.4, 0.5) is 5.69 Å². The molecule has 0 saturated heterocycles. The van der Waals surface area contributed by atoms with Crippen LogP contribution in [0.2, 0.25) is 5.02 Å². The zero-order valence-corrected chi connectivity index (χ0v) is 25.2. The first-order chi connectivity index (χ1) is 19.7. The van der Waals surface area contributed by atoms with Crippen LogP contribution in [0.25, 0.3) is 0 Å². The highest BCUT2D eigenvalue weighted by molar-refractivity contribution is 7.92. The highest BCUT2D eigenvalue weighted by atomic mass is 35.5. The lowest BCUT2D eigenvalue weighted by atomic mass is 10.1. The summed E-state index contributed by atoms with van der Waals surface area (Å²) in [6.07, 6.45) is 1.04. The lowest BCUT2D eigenvalue weighted by Gasteiger charge is -2.33. The second-order valence-corrected chi connectivity index (χ2v) is 11.5. The summed E-state index contributed by atoms with van der Waals surface area (Å²) in [5.41, 5.74) is 0.812. The Bertz CT molecular complexity index is 1430. The maximum absolute atomic E-state index is 14.1. The summed E-state index contributed by atoms with van der Waals surface area (Å²) in [5, 5.41) is 3.29. The van der Waals surface area contributed by atoms with Crippen molar-refractivity contribution >= 4 is 39.1 Å². The van der Waals surface area contributed by atoms with Crippen molar-refractivity contribution in [1.29, 1.82) is 0 Å². The van der Waals surface area contributed by atoms with E-state index in [1.54, 1.807) is 55.5 Å². The van der Waals surface area contributed by atoms with Crippen LogP contribution in [-0.2, 0) is 26.2 Å². The minimum absolute atomic E-state index is 0.0128. The molecule has 0 aromatic heterocycles. The molecule has 0 saturated carbocycles. The number of methoxy groups -OCH3 is 2. The van der Waals surface area contributed by atoms with Crippen LogP contribution >= 0.6 is 11.6 Å². The van der Waals surface area contributed by atoms with Crippen molar-refractivity contribution in [2.75, 3.05) is 31.6 Å². The van der Waals surface area contributed by atoms with Gasteiger partial charge in [-0.25, -0.2) is 8.42 Å². The number of rotatable bonds is 14. The second kappa shape index (κ2) is 14.7. The topological polar surface area (TPSA) is 105 Å². The SMILES string of the molecule is CCCNC(=O)[C@H](CC)N(Cc1ccccc1Cl)C(=O)CN(c1ccccc1OC)S(=O)(=O)c1ccc(OC)cc1. The van der Waals surface area contributed by atoms with E-state index in [0.29, 0.717) is 29.3 Å². The molecular formula is C30H36ClN3O6S. The van der Waals surface area contributed by atoms with E-state index in [2.05, 4.69) is 5.32 Å². The smallest absolute Gasteiger partial charge is 0.264 e. The van der Waals surface area contributed by atoms with Gasteiger partial charge in [-0.05, 0) is 60.9 Å². The van der Waals surface area contributed by atoms with E-state index in [1.165, 1.54) is 43.4 Å². The highest BCUT2D eigenvalue weighted by Gasteiger charge is 2.34. The summed E-state index contributed by atoms with van der Waals surface area (Å²) < 4.78 is 39.7. The summed E-state index contributed by atoms with van der Waals surface area (Å²) in [5.74, 6) is -0.149. The Morgan fingerprint density at radius 2 is 1.59 bits per heavy atom. The van der Waals surface area contributed by atoms with E-state index in [-0.39, 0.29) is 28.8 Å². The zero-order valence-electron chi connectivity index (χ0n) is 23.7. The van der Waals surface area contributed by atoms with Crippen LogP contribution < -0.4 is 19.1 Å². The molecule has 3 aromatic carbocycles. The lowest BCUT2D eigenvalue weighted by Crippen LogP contribution is -2.52. The van der Waals surface area contributed by atoms with Crippen LogP contribution in [0.1, 0.15) is 32.3 Å². The molecule has 1 N–H and O–H groups in total. The average Bonchev–Trinajstić information content (AvgIpc) is 2.99. The third-order valence-electron chi connectivity index (χ3n) is 6.51. The first kappa shape index (κ1) is 31.8. The van der Waals surface area contributed by atoms with Gasteiger partial charge in [-0.3, -0.25) is 13.9 Å². The Morgan fingerprint density at radius 1 is 0.927 bits per heavy atom. The summed E-state index contributed by atoms with van der Waals surface area (Å²) in [6.45, 7) is 3.61. The lowest BCUT2D eigenvalue weighted by molar-refractivity contribution is -0.140. The fraction of sp³-hybridized carbons (Fsp3) is 0.333. The van der Waals surface area contributed by atoms with E-state index in [0.717, 1.165) is 10.7 Å². The summed E-state index contributed by atoms with van der Waals surface area (Å²) >= 11 is 6.43. The number of amides is 2. The molecule has 0 heterocycles. The molecule has 11 heteroatoms. The van der Waals surface area contributed by atoms with Gasteiger partial charge in [0.15, 0.2) is 0 Å². The van der Waals surface area contributed by atoms with Gasteiger partial charge in [-0.2, -0.15) is 0 Å². The van der Waals surface area contributed by atoms with Crippen molar-refractivity contribution in [2.24, 2.45) is 0 Å². The molecule has 0 aliphatic heterocycles. The van der Waals surface area contributed by atoms with E-state index in [4.69, 9.17) is 21.1 Å². The largest absolute Gasteiger partial charge is 0.497 e. The minimum atomic E-state index is -4.26. The Hall–Kier alpha value is -3.76. The molecule has 41 heavy (non-hydrogen) atoms. The molecule has 220 valence electrons. The number of sulfonamides is 1. The summed E-state index contributed by atoms with van der Waals surface area (Å²) in [4.78, 5) is 28.7. The molecule has 3 aromatic rings. The number of anilines is 1. The Balaban J connectivity index is 2.10. The van der Waals surface area contributed by atoms with Gasteiger partial charge in [0.1, 0.15) is 24.1 Å². The molecule has 0 bridgehead atoms. The van der Waals surface area contributed by atoms with Gasteiger partial charge in [0.25, 0.3) is 10.0 Å².